The van der Waals surface area contributed by atoms with Crippen molar-refractivity contribution in [1.29, 1.82) is 0 Å². The number of nitro benzene ring substituents is 1. The molecule has 1 N–H and O–H groups in total. The molecule has 0 atom stereocenters. The first kappa shape index (κ1) is 18.5. The van der Waals surface area contributed by atoms with Gasteiger partial charge < -0.3 is 14.8 Å². The van der Waals surface area contributed by atoms with Crippen molar-refractivity contribution in [2.24, 2.45) is 0 Å². The molecule has 124 valence electrons. The first-order valence-electron chi connectivity index (χ1n) is 5.69. The Labute approximate surface area is 136 Å². The van der Waals surface area contributed by atoms with E-state index in [1.165, 1.54) is 0 Å². The molecule has 0 radical (unpaired) electrons. The molecule has 11 heteroatoms. The summed E-state index contributed by atoms with van der Waals surface area (Å²) in [5.74, 6) is -5.20. The number of benzene rings is 1. The first-order chi connectivity index (χ1) is 10.7. The maximum absolute atomic E-state index is 14.0. The van der Waals surface area contributed by atoms with E-state index in [4.69, 9.17) is 0 Å². The Kier molecular flexibility index (Phi) is 6.13. The van der Waals surface area contributed by atoms with Crippen molar-refractivity contribution < 1.29 is 32.8 Å². The number of carbonyl (C=O) groups excluding carboxylic acids is 2. The molecule has 0 fully saturated rings. The number of esters is 2. The van der Waals surface area contributed by atoms with E-state index in [0.29, 0.717) is 12.1 Å². The van der Waals surface area contributed by atoms with Crippen LogP contribution in [-0.4, -0.2) is 31.1 Å². The number of carbonyl (C=O) groups is 2. The topological polar surface area (TPSA) is 108 Å². The molecule has 0 aliphatic heterocycles. The summed E-state index contributed by atoms with van der Waals surface area (Å²) in [6, 6.07) is 0.702. The molecule has 0 saturated heterocycles. The SMILES string of the molecule is COC(=O)/C=C(/Nc1c([N+](=O)[O-])cc(Br)c(F)c1F)C(=O)OC. The summed E-state index contributed by atoms with van der Waals surface area (Å²) in [6.45, 7) is 0. The van der Waals surface area contributed by atoms with Gasteiger partial charge >= 0.3 is 11.9 Å². The fraction of sp³-hybridized carbons (Fsp3) is 0.167. The molecule has 0 bridgehead atoms. The van der Waals surface area contributed by atoms with Gasteiger partial charge in [0.25, 0.3) is 5.69 Å². The third kappa shape index (κ3) is 4.22. The zero-order valence-corrected chi connectivity index (χ0v) is 13.3. The highest BCUT2D eigenvalue weighted by Gasteiger charge is 2.27. The minimum Gasteiger partial charge on any atom is -0.466 e. The van der Waals surface area contributed by atoms with Crippen LogP contribution in [0.2, 0.25) is 0 Å². The summed E-state index contributed by atoms with van der Waals surface area (Å²) >= 11 is 2.63. The predicted octanol–water partition coefficient (Wildman–Crippen LogP) is 2.28. The zero-order valence-electron chi connectivity index (χ0n) is 11.7. The minimum atomic E-state index is -1.62. The standard InChI is InChI=1S/C12H9BrF2N2O6/c1-22-8(18)4-6(12(19)23-2)16-11-7(17(20)21)3-5(13)9(14)10(11)15/h3-4,16H,1-2H3/b6-4+. The summed E-state index contributed by atoms with van der Waals surface area (Å²) in [6.07, 6.45) is 0.578. The van der Waals surface area contributed by atoms with Gasteiger partial charge in [-0.05, 0) is 15.9 Å². The lowest BCUT2D eigenvalue weighted by Crippen LogP contribution is -2.17. The van der Waals surface area contributed by atoms with E-state index in [-0.39, 0.29) is 0 Å². The molecule has 8 nitrogen and oxygen atoms in total. The van der Waals surface area contributed by atoms with Gasteiger partial charge in [0, 0.05) is 6.07 Å². The van der Waals surface area contributed by atoms with Crippen molar-refractivity contribution in [3.8, 4) is 0 Å². The van der Waals surface area contributed by atoms with Crippen molar-refractivity contribution >= 4 is 39.2 Å². The number of nitrogens with zero attached hydrogens (tertiary/aromatic N) is 1. The molecular formula is C12H9BrF2N2O6. The smallest absolute Gasteiger partial charge is 0.354 e. The lowest BCUT2D eigenvalue weighted by molar-refractivity contribution is -0.384. The van der Waals surface area contributed by atoms with E-state index in [2.05, 4.69) is 25.4 Å². The molecule has 1 rings (SSSR count). The van der Waals surface area contributed by atoms with Crippen molar-refractivity contribution in [3.63, 3.8) is 0 Å². The van der Waals surface area contributed by atoms with Crippen LogP contribution in [0.15, 0.2) is 22.3 Å². The van der Waals surface area contributed by atoms with Gasteiger partial charge in [0.2, 0.25) is 0 Å². The normalized spacial score (nSPS) is 10.9. The zero-order chi connectivity index (χ0) is 17.7. The Morgan fingerprint density at radius 2 is 1.91 bits per heavy atom. The predicted molar refractivity (Wildman–Crippen MR) is 76.5 cm³/mol. The molecule has 0 aromatic heterocycles. The van der Waals surface area contributed by atoms with Gasteiger partial charge in [-0.2, -0.15) is 0 Å². The fourth-order valence-electron chi connectivity index (χ4n) is 1.41. The second kappa shape index (κ2) is 7.63. The Morgan fingerprint density at radius 3 is 2.39 bits per heavy atom. The maximum Gasteiger partial charge on any atom is 0.354 e. The molecule has 0 aliphatic carbocycles. The van der Waals surface area contributed by atoms with E-state index in [1.54, 1.807) is 0 Å². The van der Waals surface area contributed by atoms with E-state index in [0.717, 1.165) is 14.2 Å². The molecule has 0 amide bonds. The highest BCUT2D eigenvalue weighted by atomic mass is 79.9. The number of methoxy groups -OCH3 is 2. The highest BCUT2D eigenvalue weighted by molar-refractivity contribution is 9.10. The van der Waals surface area contributed by atoms with Crippen LogP contribution < -0.4 is 5.32 Å². The Balaban J connectivity index is 3.47. The molecule has 1 aromatic carbocycles. The Bertz CT molecular complexity index is 707. The average molecular weight is 395 g/mol. The quantitative estimate of drug-likeness (QED) is 0.268. The lowest BCUT2D eigenvalue weighted by Gasteiger charge is -2.11. The monoisotopic (exact) mass is 394 g/mol. The van der Waals surface area contributed by atoms with E-state index in [9.17, 15) is 28.5 Å². The van der Waals surface area contributed by atoms with Crippen molar-refractivity contribution in [3.05, 3.63) is 44.1 Å². The molecule has 0 saturated carbocycles. The van der Waals surface area contributed by atoms with Crippen LogP contribution in [0.1, 0.15) is 0 Å². The molecule has 1 aromatic rings. The second-order valence-electron chi connectivity index (χ2n) is 3.84. The Hall–Kier alpha value is -2.56. The van der Waals surface area contributed by atoms with Gasteiger partial charge in [0.15, 0.2) is 17.3 Å². The summed E-state index contributed by atoms with van der Waals surface area (Å²) < 4.78 is 35.7. The number of rotatable bonds is 5. The van der Waals surface area contributed by atoms with Gasteiger partial charge in [-0.1, -0.05) is 0 Å². The summed E-state index contributed by atoms with van der Waals surface area (Å²) in [5.41, 5.74) is -2.49. The van der Waals surface area contributed by atoms with E-state index < -0.39 is 50.0 Å². The van der Waals surface area contributed by atoms with E-state index in [1.807, 2.05) is 5.32 Å². The number of halogens is 3. The first-order valence-corrected chi connectivity index (χ1v) is 6.49. The third-order valence-electron chi connectivity index (χ3n) is 2.47. The molecule has 0 heterocycles. The van der Waals surface area contributed by atoms with Crippen LogP contribution >= 0.6 is 15.9 Å². The van der Waals surface area contributed by atoms with Crippen LogP contribution in [0, 0.1) is 21.7 Å². The molecule has 23 heavy (non-hydrogen) atoms. The highest BCUT2D eigenvalue weighted by Crippen LogP contribution is 2.35. The van der Waals surface area contributed by atoms with Crippen LogP contribution in [0.5, 0.6) is 0 Å². The van der Waals surface area contributed by atoms with Gasteiger partial charge in [-0.15, -0.1) is 0 Å². The number of nitrogens with one attached hydrogen (secondary N) is 1. The minimum absolute atomic E-state index is 0.483. The molecular weight excluding hydrogens is 386 g/mol. The summed E-state index contributed by atoms with van der Waals surface area (Å²) in [7, 11) is 1.97. The second-order valence-corrected chi connectivity index (χ2v) is 4.69. The van der Waals surface area contributed by atoms with Crippen LogP contribution in [0.25, 0.3) is 0 Å². The maximum atomic E-state index is 14.0. The van der Waals surface area contributed by atoms with Crippen LogP contribution in [0.4, 0.5) is 20.2 Å². The third-order valence-corrected chi connectivity index (χ3v) is 3.04. The number of nitro groups is 1. The van der Waals surface area contributed by atoms with Gasteiger partial charge in [0.1, 0.15) is 5.70 Å². The van der Waals surface area contributed by atoms with Crippen molar-refractivity contribution in [2.45, 2.75) is 0 Å². The van der Waals surface area contributed by atoms with Crippen molar-refractivity contribution in [1.82, 2.24) is 0 Å². The number of ether oxygens (including phenoxy) is 2. The summed E-state index contributed by atoms with van der Waals surface area (Å²) in [4.78, 5) is 32.7. The molecule has 0 spiro atoms. The van der Waals surface area contributed by atoms with Gasteiger partial charge in [0.05, 0.1) is 29.7 Å². The largest absolute Gasteiger partial charge is 0.466 e. The van der Waals surface area contributed by atoms with Crippen LogP contribution in [-0.2, 0) is 19.1 Å². The number of hydrogen-bond acceptors (Lipinski definition) is 7. The number of hydrogen-bond donors (Lipinski definition) is 1. The summed E-state index contributed by atoms with van der Waals surface area (Å²) in [5, 5.41) is 13.0. The Morgan fingerprint density at radius 1 is 1.30 bits per heavy atom. The molecule has 0 aliphatic rings. The van der Waals surface area contributed by atoms with Crippen LogP contribution in [0.3, 0.4) is 0 Å². The number of anilines is 1. The molecule has 0 unspecified atom stereocenters. The van der Waals surface area contributed by atoms with Gasteiger partial charge in [-0.25, -0.2) is 18.4 Å². The van der Waals surface area contributed by atoms with Gasteiger partial charge in [-0.3, -0.25) is 10.1 Å². The fourth-order valence-corrected chi connectivity index (χ4v) is 1.80. The lowest BCUT2D eigenvalue weighted by atomic mass is 10.2. The van der Waals surface area contributed by atoms with Crippen molar-refractivity contribution in [2.75, 3.05) is 19.5 Å². The van der Waals surface area contributed by atoms with E-state index >= 15 is 0 Å². The average Bonchev–Trinajstić information content (AvgIpc) is 2.52.